The van der Waals surface area contributed by atoms with Gasteiger partial charge in [-0.2, -0.15) is 0 Å². The molecule has 0 saturated heterocycles. The van der Waals surface area contributed by atoms with E-state index < -0.39 is 0 Å². The molecule has 4 aromatic carbocycles. The van der Waals surface area contributed by atoms with E-state index in [0.29, 0.717) is 0 Å². The first-order valence-corrected chi connectivity index (χ1v) is 9.97. The second kappa shape index (κ2) is 10.3. The summed E-state index contributed by atoms with van der Waals surface area (Å²) in [4.78, 5) is 0. The molecule has 0 amide bonds. The number of allylic oxidation sites excluding steroid dienone is 2. The van der Waals surface area contributed by atoms with Crippen molar-refractivity contribution in [3.8, 4) is 0 Å². The van der Waals surface area contributed by atoms with Gasteiger partial charge in [-0.1, -0.05) is 97.1 Å². The van der Waals surface area contributed by atoms with Gasteiger partial charge in [-0.25, -0.2) is 0 Å². The third-order valence-corrected chi connectivity index (χ3v) is 5.37. The van der Waals surface area contributed by atoms with E-state index in [9.17, 15) is 0 Å². The van der Waals surface area contributed by atoms with Crippen molar-refractivity contribution in [1.29, 1.82) is 0 Å². The van der Waals surface area contributed by atoms with Crippen LogP contribution in [0.4, 0.5) is 0 Å². The molecule has 0 bridgehead atoms. The number of benzene rings is 4. The minimum Gasteiger partial charge on any atom is -1.00 e. The van der Waals surface area contributed by atoms with E-state index >= 15 is 0 Å². The van der Waals surface area contributed by atoms with Gasteiger partial charge in [-0.15, -0.1) is 0 Å². The third kappa shape index (κ3) is 4.50. The molecule has 1 aliphatic heterocycles. The predicted molar refractivity (Wildman–Crippen MR) is 121 cm³/mol. The summed E-state index contributed by atoms with van der Waals surface area (Å²) in [7, 11) is 0. The van der Waals surface area contributed by atoms with Crippen molar-refractivity contribution in [3.63, 3.8) is 0 Å². The van der Waals surface area contributed by atoms with Gasteiger partial charge in [-0.05, 0) is 35.4 Å². The monoisotopic (exact) mass is 442 g/mol. The average molecular weight is 443 g/mol. The highest BCUT2D eigenvalue weighted by Gasteiger charge is 2.33. The Hall–Kier alpha value is -3.10. The molecule has 1 aliphatic rings. The minimum absolute atomic E-state index is 0. The number of nitrogens with two attached hydrogens (primary N) is 1. The van der Waals surface area contributed by atoms with Gasteiger partial charge in [0, 0.05) is 11.1 Å². The summed E-state index contributed by atoms with van der Waals surface area (Å²) in [6.45, 7) is 0. The van der Waals surface area contributed by atoms with Gasteiger partial charge in [0.25, 0.3) is 0 Å². The Balaban J connectivity index is 0.00000136. The first kappa shape index (κ1) is 22.6. The summed E-state index contributed by atoms with van der Waals surface area (Å²) < 4.78 is 0. The maximum atomic E-state index is 2.36. The van der Waals surface area contributed by atoms with Crippen LogP contribution in [0.3, 0.4) is 0 Å². The Labute approximate surface area is 196 Å². The Morgan fingerprint density at radius 1 is 0.323 bits per heavy atom. The lowest BCUT2D eigenvalue weighted by atomic mass is 9.89. The molecule has 5 rings (SSSR count). The smallest absolute Gasteiger partial charge is 0.150 e. The van der Waals surface area contributed by atoms with Gasteiger partial charge in [0.2, 0.25) is 0 Å². The Kier molecular flexibility index (Phi) is 7.49. The van der Waals surface area contributed by atoms with Crippen molar-refractivity contribution in [3.05, 3.63) is 144 Å². The Bertz CT molecular complexity index is 1090. The maximum Gasteiger partial charge on any atom is 0.150 e. The molecule has 0 saturated carbocycles. The van der Waals surface area contributed by atoms with Crippen LogP contribution in [0.15, 0.2) is 121 Å². The summed E-state index contributed by atoms with van der Waals surface area (Å²) in [6, 6.07) is 42.9. The number of halogens is 2. The largest absolute Gasteiger partial charge is 1.00 e. The minimum atomic E-state index is 0. The zero-order valence-corrected chi connectivity index (χ0v) is 18.4. The Morgan fingerprint density at radius 2 is 0.581 bits per heavy atom. The van der Waals surface area contributed by atoms with Crippen molar-refractivity contribution < 1.29 is 30.1 Å². The van der Waals surface area contributed by atoms with E-state index in [1.807, 2.05) is 0 Å². The second-order valence-electron chi connectivity index (χ2n) is 7.19. The van der Waals surface area contributed by atoms with Crippen LogP contribution >= 0.6 is 0 Å². The van der Waals surface area contributed by atoms with Crippen LogP contribution in [0.5, 0.6) is 0 Å². The molecule has 0 radical (unpaired) electrons. The molecule has 4 aromatic rings. The second-order valence-corrected chi connectivity index (χ2v) is 7.19. The quantitative estimate of drug-likeness (QED) is 0.447. The maximum absolute atomic E-state index is 2.36. The summed E-state index contributed by atoms with van der Waals surface area (Å²) in [6.07, 6.45) is 0. The van der Waals surface area contributed by atoms with Crippen molar-refractivity contribution >= 4 is 22.5 Å². The number of quaternary nitrogens is 1. The van der Waals surface area contributed by atoms with E-state index in [1.54, 1.807) is 0 Å². The molecule has 0 fully saturated rings. The van der Waals surface area contributed by atoms with Crippen LogP contribution in [0.1, 0.15) is 22.3 Å². The molecule has 3 heteroatoms. The molecule has 2 N–H and O–H groups in total. The first-order valence-electron chi connectivity index (χ1n) is 9.97. The lowest BCUT2D eigenvalue weighted by molar-refractivity contribution is -0.455. The molecule has 0 unspecified atom stereocenters. The van der Waals surface area contributed by atoms with Crippen molar-refractivity contribution in [2.24, 2.45) is 0 Å². The van der Waals surface area contributed by atoms with Gasteiger partial charge in [0.05, 0.1) is 11.1 Å². The lowest BCUT2D eigenvalue weighted by Crippen LogP contribution is -3.00. The van der Waals surface area contributed by atoms with Gasteiger partial charge >= 0.3 is 0 Å². The van der Waals surface area contributed by atoms with E-state index in [2.05, 4.69) is 127 Å². The first-order chi connectivity index (χ1) is 14.4. The van der Waals surface area contributed by atoms with Crippen LogP contribution in [0, 0.1) is 0 Å². The van der Waals surface area contributed by atoms with Crippen molar-refractivity contribution in [1.82, 2.24) is 0 Å². The highest BCUT2D eigenvalue weighted by Crippen LogP contribution is 2.41. The van der Waals surface area contributed by atoms with Gasteiger partial charge in [-0.3, -0.25) is 5.32 Å². The van der Waals surface area contributed by atoms with Crippen molar-refractivity contribution in [2.45, 2.75) is 0 Å². The summed E-state index contributed by atoms with van der Waals surface area (Å²) in [5.74, 6) is 0. The number of hydrogen-bond acceptors (Lipinski definition) is 0. The molecule has 0 atom stereocenters. The molecule has 0 aromatic heterocycles. The van der Waals surface area contributed by atoms with E-state index in [0.717, 1.165) is 0 Å². The standard InChI is InChI=1S/C28H21N.2ClH/c1-5-13-21(14-6-1)25-26(22-15-7-2-8-16-22)28(24-19-11-4-12-20-24)29-27(25)23-17-9-3-10-18-23;;/h1-20,29H;2*1H/p-1. The van der Waals surface area contributed by atoms with Gasteiger partial charge in [0.15, 0.2) is 11.4 Å². The van der Waals surface area contributed by atoms with Crippen LogP contribution in [0.2, 0.25) is 0 Å². The molecule has 31 heavy (non-hydrogen) atoms. The normalized spacial score (nSPS) is 12.9. The molecular formula is C28H22Cl2N-. The Morgan fingerprint density at radius 3 is 0.871 bits per heavy atom. The topological polar surface area (TPSA) is 16.6 Å². The highest BCUT2D eigenvalue weighted by molar-refractivity contribution is 6.22. The molecule has 1 heterocycles. The summed E-state index contributed by atoms with van der Waals surface area (Å²) >= 11 is 0. The fourth-order valence-corrected chi connectivity index (χ4v) is 4.06. The highest BCUT2D eigenvalue weighted by atomic mass is 35.5. The van der Waals surface area contributed by atoms with Crippen LogP contribution < -0.4 is 30.1 Å². The van der Waals surface area contributed by atoms with Crippen molar-refractivity contribution in [2.75, 3.05) is 0 Å². The average Bonchev–Trinajstić information content (AvgIpc) is 3.22. The fraction of sp³-hybridized carbons (Fsp3) is 0. The zero-order chi connectivity index (χ0) is 19.5. The predicted octanol–water partition coefficient (Wildman–Crippen LogP) is -0.292. The molecular weight excluding hydrogens is 421 g/mol. The summed E-state index contributed by atoms with van der Waals surface area (Å²) in [5.41, 5.74) is 10.1. The van der Waals surface area contributed by atoms with Gasteiger partial charge < -0.3 is 24.8 Å². The van der Waals surface area contributed by atoms with E-state index in [4.69, 9.17) is 0 Å². The van der Waals surface area contributed by atoms with Crippen LogP contribution in [-0.4, -0.2) is 0 Å². The number of hydrogen-bond donors (Lipinski definition) is 1. The molecule has 0 aliphatic carbocycles. The van der Waals surface area contributed by atoms with Crippen LogP contribution in [-0.2, 0) is 0 Å². The molecule has 154 valence electrons. The summed E-state index contributed by atoms with van der Waals surface area (Å²) in [5, 5.41) is 2.36. The molecule has 1 nitrogen and oxygen atoms in total. The molecule has 0 spiro atoms. The lowest BCUT2D eigenvalue weighted by Gasteiger charge is -2.10. The SMILES string of the molecule is [Cl-].[Cl-].c1ccc(C2=C(c3ccccc3)C(c3ccccc3)=C(c3ccccc3)[NH2+]2)cc1. The van der Waals surface area contributed by atoms with Crippen LogP contribution in [0.25, 0.3) is 22.5 Å². The van der Waals surface area contributed by atoms with Gasteiger partial charge in [0.1, 0.15) is 0 Å². The van der Waals surface area contributed by atoms with E-state index in [-0.39, 0.29) is 24.8 Å². The fourth-order valence-electron chi connectivity index (χ4n) is 4.06. The van der Waals surface area contributed by atoms with E-state index in [1.165, 1.54) is 44.8 Å². The zero-order valence-electron chi connectivity index (χ0n) is 16.9. The third-order valence-electron chi connectivity index (χ3n) is 5.37. The number of rotatable bonds is 4.